The molecule has 0 unspecified atom stereocenters. The van der Waals surface area contributed by atoms with Crippen molar-refractivity contribution in [2.75, 3.05) is 18.5 Å². The molecule has 1 N–H and O–H groups in total. The number of nitrogens with zero attached hydrogens (tertiary/aromatic N) is 1. The third-order valence-corrected chi connectivity index (χ3v) is 3.11. The number of hydrogen-bond donors (Lipinski definition) is 1. The maximum atomic E-state index is 14.1. The molecule has 0 saturated carbocycles. The van der Waals surface area contributed by atoms with Gasteiger partial charge in [0, 0.05) is 25.7 Å². The van der Waals surface area contributed by atoms with Gasteiger partial charge in [-0.25, -0.2) is 4.39 Å². The van der Waals surface area contributed by atoms with E-state index in [1.165, 1.54) is 0 Å². The molecule has 0 radical (unpaired) electrons. The molecular weight excluding hydrogens is 239 g/mol. The largest absolute Gasteiger partial charge is 0.372 e. The number of nitrogens with one attached hydrogen (secondary N) is 1. The maximum absolute atomic E-state index is 14.1. The van der Waals surface area contributed by atoms with Crippen molar-refractivity contribution in [2.24, 2.45) is 0 Å². The standard InChI is InChI=1S/C16H27FN2/c1-6-7-11-19(5)15-13(9-8-10-14(15)17)12-18-16(2,3)4/h8-10,18H,6-7,11-12H2,1-5H3. The first-order valence-electron chi connectivity index (χ1n) is 7.08. The van der Waals surface area contributed by atoms with Gasteiger partial charge in [-0.05, 0) is 38.8 Å². The van der Waals surface area contributed by atoms with Gasteiger partial charge in [-0.1, -0.05) is 25.5 Å². The van der Waals surface area contributed by atoms with E-state index >= 15 is 0 Å². The molecule has 2 nitrogen and oxygen atoms in total. The average molecular weight is 266 g/mol. The van der Waals surface area contributed by atoms with Gasteiger partial charge in [-0.2, -0.15) is 0 Å². The number of hydrogen-bond acceptors (Lipinski definition) is 2. The van der Waals surface area contributed by atoms with E-state index in [1.807, 2.05) is 18.0 Å². The Morgan fingerprint density at radius 1 is 1.26 bits per heavy atom. The van der Waals surface area contributed by atoms with E-state index in [2.05, 4.69) is 33.0 Å². The molecule has 1 aromatic carbocycles. The number of unbranched alkanes of at least 4 members (excludes halogenated alkanes) is 1. The summed E-state index contributed by atoms with van der Waals surface area (Å²) in [4.78, 5) is 2.03. The molecule has 0 atom stereocenters. The topological polar surface area (TPSA) is 15.3 Å². The van der Waals surface area contributed by atoms with E-state index < -0.39 is 0 Å². The summed E-state index contributed by atoms with van der Waals surface area (Å²) in [5.41, 5.74) is 1.78. The lowest BCUT2D eigenvalue weighted by atomic mass is 10.1. The molecular formula is C16H27FN2. The molecule has 19 heavy (non-hydrogen) atoms. The van der Waals surface area contributed by atoms with Gasteiger partial charge in [0.2, 0.25) is 0 Å². The average Bonchev–Trinajstić information content (AvgIpc) is 2.32. The lowest BCUT2D eigenvalue weighted by molar-refractivity contribution is 0.423. The van der Waals surface area contributed by atoms with E-state index in [-0.39, 0.29) is 11.4 Å². The van der Waals surface area contributed by atoms with Crippen LogP contribution in [0.5, 0.6) is 0 Å². The smallest absolute Gasteiger partial charge is 0.146 e. The number of anilines is 1. The van der Waals surface area contributed by atoms with E-state index in [4.69, 9.17) is 0 Å². The maximum Gasteiger partial charge on any atom is 0.146 e. The Balaban J connectivity index is 2.88. The third kappa shape index (κ3) is 5.19. The zero-order valence-corrected chi connectivity index (χ0v) is 12.9. The number of para-hydroxylation sites is 1. The minimum Gasteiger partial charge on any atom is -0.372 e. The molecule has 0 aromatic heterocycles. The van der Waals surface area contributed by atoms with Crippen molar-refractivity contribution in [1.82, 2.24) is 5.32 Å². The first kappa shape index (κ1) is 16.0. The molecule has 0 aliphatic heterocycles. The summed E-state index contributed by atoms with van der Waals surface area (Å²) in [7, 11) is 1.97. The van der Waals surface area contributed by atoms with Gasteiger partial charge in [-0.15, -0.1) is 0 Å². The van der Waals surface area contributed by atoms with E-state index in [0.717, 1.165) is 30.6 Å². The van der Waals surface area contributed by atoms with Gasteiger partial charge < -0.3 is 10.2 Å². The van der Waals surface area contributed by atoms with Gasteiger partial charge in [0.05, 0.1) is 5.69 Å². The molecule has 1 rings (SSSR count). The Bertz CT molecular complexity index is 396. The highest BCUT2D eigenvalue weighted by Gasteiger charge is 2.15. The van der Waals surface area contributed by atoms with E-state index in [0.29, 0.717) is 6.54 Å². The quantitative estimate of drug-likeness (QED) is 0.838. The van der Waals surface area contributed by atoms with Crippen molar-refractivity contribution in [3.63, 3.8) is 0 Å². The second-order valence-corrected chi connectivity index (χ2v) is 6.13. The van der Waals surface area contributed by atoms with Gasteiger partial charge in [0.1, 0.15) is 5.82 Å². The summed E-state index contributed by atoms with van der Waals surface area (Å²) in [6, 6.07) is 5.32. The van der Waals surface area contributed by atoms with Crippen molar-refractivity contribution in [3.05, 3.63) is 29.6 Å². The Morgan fingerprint density at radius 3 is 2.53 bits per heavy atom. The summed E-state index contributed by atoms with van der Waals surface area (Å²) in [6.45, 7) is 10.1. The van der Waals surface area contributed by atoms with Crippen LogP contribution in [0.25, 0.3) is 0 Å². The Labute approximate surface area is 117 Å². The molecule has 0 fully saturated rings. The van der Waals surface area contributed by atoms with Crippen LogP contribution in [0.4, 0.5) is 10.1 Å². The van der Waals surface area contributed by atoms with E-state index in [1.54, 1.807) is 12.1 Å². The fraction of sp³-hybridized carbons (Fsp3) is 0.625. The van der Waals surface area contributed by atoms with Gasteiger partial charge in [0.15, 0.2) is 0 Å². The molecule has 0 spiro atoms. The van der Waals surface area contributed by atoms with Crippen LogP contribution < -0.4 is 10.2 Å². The van der Waals surface area contributed by atoms with Crippen LogP contribution in [0, 0.1) is 5.82 Å². The van der Waals surface area contributed by atoms with Crippen LogP contribution in [0.15, 0.2) is 18.2 Å². The molecule has 0 aliphatic carbocycles. The molecule has 3 heteroatoms. The SMILES string of the molecule is CCCCN(C)c1c(F)cccc1CNC(C)(C)C. The molecule has 108 valence electrons. The number of halogens is 1. The first-order valence-corrected chi connectivity index (χ1v) is 7.08. The predicted molar refractivity (Wildman–Crippen MR) is 81.2 cm³/mol. The predicted octanol–water partition coefficient (Wildman–Crippen LogP) is 3.95. The lowest BCUT2D eigenvalue weighted by Gasteiger charge is -2.26. The summed E-state index contributed by atoms with van der Waals surface area (Å²) in [5, 5.41) is 3.42. The highest BCUT2D eigenvalue weighted by molar-refractivity contribution is 5.54. The summed E-state index contributed by atoms with van der Waals surface area (Å²) < 4.78 is 14.1. The molecule has 0 saturated heterocycles. The van der Waals surface area contributed by atoms with E-state index in [9.17, 15) is 4.39 Å². The Kier molecular flexibility index (Phi) is 5.80. The normalized spacial score (nSPS) is 11.7. The molecule has 0 amide bonds. The van der Waals surface area contributed by atoms with Crippen LogP contribution >= 0.6 is 0 Å². The van der Waals surface area contributed by atoms with Crippen molar-refractivity contribution < 1.29 is 4.39 Å². The van der Waals surface area contributed by atoms with Gasteiger partial charge in [0.25, 0.3) is 0 Å². The van der Waals surface area contributed by atoms with Gasteiger partial charge >= 0.3 is 0 Å². The number of rotatable bonds is 6. The highest BCUT2D eigenvalue weighted by atomic mass is 19.1. The van der Waals surface area contributed by atoms with Gasteiger partial charge in [-0.3, -0.25) is 0 Å². The first-order chi connectivity index (χ1) is 8.85. The molecule has 0 aliphatic rings. The summed E-state index contributed by atoms with van der Waals surface area (Å²) >= 11 is 0. The van der Waals surface area contributed by atoms with Crippen molar-refractivity contribution in [1.29, 1.82) is 0 Å². The molecule has 0 heterocycles. The highest BCUT2D eigenvalue weighted by Crippen LogP contribution is 2.24. The molecule has 1 aromatic rings. The Hall–Kier alpha value is -1.09. The zero-order chi connectivity index (χ0) is 14.5. The third-order valence-electron chi connectivity index (χ3n) is 3.11. The van der Waals surface area contributed by atoms with Crippen LogP contribution in [0.1, 0.15) is 46.1 Å². The fourth-order valence-electron chi connectivity index (χ4n) is 2.00. The second-order valence-electron chi connectivity index (χ2n) is 6.13. The van der Waals surface area contributed by atoms with Crippen LogP contribution in [0.2, 0.25) is 0 Å². The van der Waals surface area contributed by atoms with Crippen LogP contribution in [-0.4, -0.2) is 19.1 Å². The van der Waals surface area contributed by atoms with Crippen molar-refractivity contribution >= 4 is 5.69 Å². The summed E-state index contributed by atoms with van der Waals surface area (Å²) in [6.07, 6.45) is 2.20. The van der Waals surface area contributed by atoms with Crippen molar-refractivity contribution in [2.45, 2.75) is 52.6 Å². The summed E-state index contributed by atoms with van der Waals surface area (Å²) in [5.74, 6) is -0.133. The second kappa shape index (κ2) is 6.90. The lowest BCUT2D eigenvalue weighted by Crippen LogP contribution is -2.35. The zero-order valence-electron chi connectivity index (χ0n) is 12.9. The Morgan fingerprint density at radius 2 is 1.95 bits per heavy atom. The van der Waals surface area contributed by atoms with Crippen LogP contribution in [-0.2, 0) is 6.54 Å². The molecule has 0 bridgehead atoms. The number of benzene rings is 1. The van der Waals surface area contributed by atoms with Crippen LogP contribution in [0.3, 0.4) is 0 Å². The fourth-order valence-corrected chi connectivity index (χ4v) is 2.00. The van der Waals surface area contributed by atoms with Crippen molar-refractivity contribution in [3.8, 4) is 0 Å². The minimum absolute atomic E-state index is 0.0333. The minimum atomic E-state index is -0.133. The monoisotopic (exact) mass is 266 g/mol.